The van der Waals surface area contributed by atoms with Crippen molar-refractivity contribution >= 4 is 23.7 Å². The summed E-state index contributed by atoms with van der Waals surface area (Å²) < 4.78 is 0. The average Bonchev–Trinajstić information content (AvgIpc) is 2.41. The van der Waals surface area contributed by atoms with Crippen LogP contribution in [0, 0.1) is 0 Å². The highest BCUT2D eigenvalue weighted by Crippen LogP contribution is 2.00. The minimum atomic E-state index is -1.26. The van der Waals surface area contributed by atoms with E-state index >= 15 is 0 Å². The maximum absolute atomic E-state index is 12.0. The van der Waals surface area contributed by atoms with E-state index < -0.39 is 47.9 Å². The van der Waals surface area contributed by atoms with Crippen molar-refractivity contribution in [1.82, 2.24) is 10.6 Å². The van der Waals surface area contributed by atoms with Crippen LogP contribution in [0.5, 0.6) is 0 Å². The zero-order valence-electron chi connectivity index (χ0n) is 12.4. The van der Waals surface area contributed by atoms with Gasteiger partial charge in [-0.05, 0) is 20.3 Å². The van der Waals surface area contributed by atoms with Crippen LogP contribution in [-0.2, 0) is 19.2 Å². The number of nitrogens with two attached hydrogens (primary N) is 2. The van der Waals surface area contributed by atoms with Gasteiger partial charge in [-0.15, -0.1) is 0 Å². The lowest BCUT2D eigenvalue weighted by Gasteiger charge is -2.22. The molecule has 0 heterocycles. The number of carbonyl (C=O) groups is 4. The molecule has 0 spiro atoms. The fraction of sp³-hybridized carbons (Fsp3) is 0.667. The van der Waals surface area contributed by atoms with Crippen LogP contribution in [0.15, 0.2) is 0 Å². The average molecular weight is 318 g/mol. The fourth-order valence-electron chi connectivity index (χ4n) is 1.42. The summed E-state index contributed by atoms with van der Waals surface area (Å²) in [4.78, 5) is 45.2. The van der Waals surface area contributed by atoms with E-state index in [4.69, 9.17) is 16.6 Å². The smallest absolute Gasteiger partial charge is 0.325 e. The Morgan fingerprint density at radius 3 is 2.05 bits per heavy atom. The molecule has 0 bridgehead atoms. The first-order valence-corrected chi connectivity index (χ1v) is 6.61. The second-order valence-corrected chi connectivity index (χ2v) is 4.90. The number of rotatable bonds is 9. The molecule has 8 N–H and O–H groups in total. The fourth-order valence-corrected chi connectivity index (χ4v) is 1.42. The van der Waals surface area contributed by atoms with Gasteiger partial charge < -0.3 is 32.3 Å². The van der Waals surface area contributed by atoms with E-state index in [0.717, 1.165) is 0 Å². The molecule has 4 atom stereocenters. The van der Waals surface area contributed by atoms with Crippen molar-refractivity contribution in [2.75, 3.05) is 0 Å². The van der Waals surface area contributed by atoms with Gasteiger partial charge >= 0.3 is 5.97 Å². The van der Waals surface area contributed by atoms with E-state index in [0.29, 0.717) is 0 Å². The Kier molecular flexibility index (Phi) is 8.05. The van der Waals surface area contributed by atoms with E-state index in [-0.39, 0.29) is 12.8 Å². The summed E-state index contributed by atoms with van der Waals surface area (Å²) in [6.45, 7) is 2.55. The predicted octanol–water partition coefficient (Wildman–Crippen LogP) is -2.97. The number of carboxylic acid groups (broad SMARTS) is 1. The summed E-state index contributed by atoms with van der Waals surface area (Å²) in [5, 5.41) is 22.4. The number of carbonyl (C=O) groups excluding carboxylic acids is 3. The van der Waals surface area contributed by atoms with Gasteiger partial charge in [0.1, 0.15) is 18.1 Å². The topological polar surface area (TPSA) is 185 Å². The molecule has 0 aromatic carbocycles. The molecular weight excluding hydrogens is 296 g/mol. The van der Waals surface area contributed by atoms with Crippen LogP contribution < -0.4 is 22.1 Å². The van der Waals surface area contributed by atoms with Gasteiger partial charge in [0.15, 0.2) is 0 Å². The molecule has 0 radical (unpaired) electrons. The predicted molar refractivity (Wildman–Crippen MR) is 75.3 cm³/mol. The van der Waals surface area contributed by atoms with Crippen LogP contribution in [0.4, 0.5) is 0 Å². The highest BCUT2D eigenvalue weighted by molar-refractivity contribution is 5.92. The molecule has 3 amide bonds. The van der Waals surface area contributed by atoms with Gasteiger partial charge in [-0.2, -0.15) is 0 Å². The lowest BCUT2D eigenvalue weighted by atomic mass is 10.1. The molecule has 0 rings (SSSR count). The van der Waals surface area contributed by atoms with Crippen LogP contribution in [-0.4, -0.2) is 58.1 Å². The molecule has 0 aliphatic rings. The maximum Gasteiger partial charge on any atom is 0.325 e. The molecule has 0 saturated carbocycles. The van der Waals surface area contributed by atoms with Gasteiger partial charge in [-0.1, -0.05) is 0 Å². The Balaban J connectivity index is 4.88. The lowest BCUT2D eigenvalue weighted by Crippen LogP contribution is -2.56. The molecule has 0 unspecified atom stereocenters. The monoisotopic (exact) mass is 318 g/mol. The normalized spacial score (nSPS) is 16.0. The standard InChI is InChI=1S/C12H22N4O6/c1-5(12(21)22)15-10(19)7(3-4-8(13)18)16-11(20)9(14)6(2)17/h5-7,9,17H,3-4,14H2,1-2H3,(H2,13,18)(H,15,19)(H,16,20)(H,21,22)/t5-,6+,7-,9-/m0/s1. The van der Waals surface area contributed by atoms with E-state index in [1.165, 1.54) is 13.8 Å². The van der Waals surface area contributed by atoms with E-state index in [9.17, 15) is 24.3 Å². The Labute approximate surface area is 127 Å². The van der Waals surface area contributed by atoms with Gasteiger partial charge in [-0.3, -0.25) is 19.2 Å². The zero-order chi connectivity index (χ0) is 17.4. The summed E-state index contributed by atoms with van der Waals surface area (Å²) >= 11 is 0. The highest BCUT2D eigenvalue weighted by Gasteiger charge is 2.27. The molecule has 0 aromatic rings. The second-order valence-electron chi connectivity index (χ2n) is 4.90. The zero-order valence-corrected chi connectivity index (χ0v) is 12.4. The van der Waals surface area contributed by atoms with Gasteiger partial charge in [0.2, 0.25) is 17.7 Å². The van der Waals surface area contributed by atoms with Crippen molar-refractivity contribution in [3.63, 3.8) is 0 Å². The first-order valence-electron chi connectivity index (χ1n) is 6.61. The van der Waals surface area contributed by atoms with Crippen LogP contribution in [0.25, 0.3) is 0 Å². The second kappa shape index (κ2) is 8.95. The Hall–Kier alpha value is -2.20. The first-order chi connectivity index (χ1) is 10.1. The quantitative estimate of drug-likeness (QED) is 0.262. The summed E-state index contributed by atoms with van der Waals surface area (Å²) in [5.74, 6) is -3.53. The lowest BCUT2D eigenvalue weighted by molar-refractivity contribution is -0.141. The third-order valence-electron chi connectivity index (χ3n) is 2.86. The molecule has 0 aromatic heterocycles. The molecule has 126 valence electrons. The molecule has 0 fully saturated rings. The van der Waals surface area contributed by atoms with Gasteiger partial charge in [0.25, 0.3) is 0 Å². The van der Waals surface area contributed by atoms with Crippen molar-refractivity contribution in [2.24, 2.45) is 11.5 Å². The minimum Gasteiger partial charge on any atom is -0.480 e. The first kappa shape index (κ1) is 19.8. The maximum atomic E-state index is 12.0. The molecular formula is C12H22N4O6. The van der Waals surface area contributed by atoms with Crippen LogP contribution in [0.3, 0.4) is 0 Å². The summed E-state index contributed by atoms with van der Waals surface area (Å²) in [7, 11) is 0. The van der Waals surface area contributed by atoms with Gasteiger partial charge in [0, 0.05) is 6.42 Å². The number of hydrogen-bond acceptors (Lipinski definition) is 6. The third-order valence-corrected chi connectivity index (χ3v) is 2.86. The third kappa shape index (κ3) is 6.99. The highest BCUT2D eigenvalue weighted by atomic mass is 16.4. The summed E-state index contributed by atoms with van der Waals surface area (Å²) in [6, 6.07) is -3.63. The molecule has 0 aliphatic heterocycles. The number of hydrogen-bond donors (Lipinski definition) is 6. The van der Waals surface area contributed by atoms with E-state index in [1.54, 1.807) is 0 Å². The number of primary amides is 1. The van der Waals surface area contributed by atoms with Crippen molar-refractivity contribution in [3.8, 4) is 0 Å². The SMILES string of the molecule is C[C@H](NC(=O)[C@H](CCC(N)=O)NC(=O)[C@@H](N)[C@@H](C)O)C(=O)O. The van der Waals surface area contributed by atoms with Gasteiger partial charge in [-0.25, -0.2) is 0 Å². The number of aliphatic hydroxyl groups excluding tert-OH is 1. The number of aliphatic carboxylic acids is 1. The molecule has 10 heteroatoms. The Morgan fingerprint density at radius 2 is 1.64 bits per heavy atom. The van der Waals surface area contributed by atoms with Gasteiger partial charge in [0.05, 0.1) is 6.10 Å². The molecule has 0 saturated heterocycles. The van der Waals surface area contributed by atoms with Crippen molar-refractivity contribution < 1.29 is 29.4 Å². The van der Waals surface area contributed by atoms with E-state index in [1.807, 2.05) is 0 Å². The number of nitrogens with one attached hydrogen (secondary N) is 2. The summed E-state index contributed by atoms with van der Waals surface area (Å²) in [6.07, 6.45) is -1.45. The van der Waals surface area contributed by atoms with Crippen LogP contribution in [0.1, 0.15) is 26.7 Å². The van der Waals surface area contributed by atoms with Crippen molar-refractivity contribution in [3.05, 3.63) is 0 Å². The van der Waals surface area contributed by atoms with Crippen molar-refractivity contribution in [2.45, 2.75) is 50.9 Å². The Morgan fingerprint density at radius 1 is 1.09 bits per heavy atom. The summed E-state index contributed by atoms with van der Waals surface area (Å²) in [5.41, 5.74) is 10.4. The molecule has 0 aliphatic carbocycles. The number of carboxylic acids is 1. The minimum absolute atomic E-state index is 0.119. The van der Waals surface area contributed by atoms with Crippen molar-refractivity contribution in [1.29, 1.82) is 0 Å². The van der Waals surface area contributed by atoms with E-state index in [2.05, 4.69) is 10.6 Å². The van der Waals surface area contributed by atoms with Crippen LogP contribution >= 0.6 is 0 Å². The van der Waals surface area contributed by atoms with Crippen LogP contribution in [0.2, 0.25) is 0 Å². The molecule has 22 heavy (non-hydrogen) atoms. The molecule has 10 nitrogen and oxygen atoms in total. The largest absolute Gasteiger partial charge is 0.480 e. The number of aliphatic hydroxyl groups is 1. The number of amides is 3. The Bertz CT molecular complexity index is 439.